The van der Waals surface area contributed by atoms with Gasteiger partial charge in [-0.05, 0) is 51.4 Å². The molecule has 0 bridgehead atoms. The average molecular weight is 452 g/mol. The molecule has 0 unspecified atom stereocenters. The summed E-state index contributed by atoms with van der Waals surface area (Å²) in [6, 6.07) is 0.255. The maximum atomic E-state index is 12.8. The normalized spacial score (nSPS) is 23.4. The molecule has 8 nitrogen and oxygen atoms in total. The molecule has 4 rings (SSSR count). The first-order valence-corrected chi connectivity index (χ1v) is 13.3. The lowest BCUT2D eigenvalue weighted by Gasteiger charge is -2.35. The minimum absolute atomic E-state index is 0.0970. The van der Waals surface area contributed by atoms with Crippen LogP contribution in [0.1, 0.15) is 57.2 Å². The van der Waals surface area contributed by atoms with Gasteiger partial charge >= 0.3 is 0 Å². The summed E-state index contributed by atoms with van der Waals surface area (Å²) < 4.78 is 28.9. The number of rotatable bonds is 6. The smallest absolute Gasteiger partial charge is 0.262 e. The van der Waals surface area contributed by atoms with E-state index in [4.69, 9.17) is 0 Å². The molecule has 9 heteroatoms. The number of amides is 1. The summed E-state index contributed by atoms with van der Waals surface area (Å²) in [5, 5.41) is 3.35. The Morgan fingerprint density at radius 3 is 2.29 bits per heavy atom. The van der Waals surface area contributed by atoms with Gasteiger partial charge in [0.15, 0.2) is 5.03 Å². The van der Waals surface area contributed by atoms with Gasteiger partial charge in [-0.1, -0.05) is 12.8 Å². The SMILES string of the molecule is Cc1nc(S(=O)(=O)N2CCC(C(=O)NC3CCN(CC4CCCC4)CC3)CC2)cn1C. The first-order chi connectivity index (χ1) is 14.8. The van der Waals surface area contributed by atoms with E-state index in [-0.39, 0.29) is 22.9 Å². The van der Waals surface area contributed by atoms with Crippen molar-refractivity contribution in [1.82, 2.24) is 24.1 Å². The summed E-state index contributed by atoms with van der Waals surface area (Å²) >= 11 is 0. The Balaban J connectivity index is 1.21. The van der Waals surface area contributed by atoms with Crippen molar-refractivity contribution in [2.24, 2.45) is 18.9 Å². The van der Waals surface area contributed by atoms with Crippen LogP contribution < -0.4 is 5.32 Å². The fraction of sp³-hybridized carbons (Fsp3) is 0.818. The summed E-state index contributed by atoms with van der Waals surface area (Å²) in [5.74, 6) is 1.54. The number of likely N-dealkylation sites (tertiary alicyclic amines) is 1. The quantitative estimate of drug-likeness (QED) is 0.714. The van der Waals surface area contributed by atoms with Crippen molar-refractivity contribution in [3.63, 3.8) is 0 Å². The largest absolute Gasteiger partial charge is 0.353 e. The Hall–Kier alpha value is -1.45. The molecule has 1 saturated carbocycles. The van der Waals surface area contributed by atoms with Crippen LogP contribution in [0.5, 0.6) is 0 Å². The molecule has 1 N–H and O–H groups in total. The number of carbonyl (C=O) groups is 1. The summed E-state index contributed by atoms with van der Waals surface area (Å²) in [4.78, 5) is 19.5. The lowest BCUT2D eigenvalue weighted by Crippen LogP contribution is -2.49. The van der Waals surface area contributed by atoms with Crippen LogP contribution in [-0.2, 0) is 21.9 Å². The fourth-order valence-corrected chi connectivity index (χ4v) is 6.77. The third-order valence-electron chi connectivity index (χ3n) is 7.44. The van der Waals surface area contributed by atoms with Crippen molar-refractivity contribution in [2.75, 3.05) is 32.7 Å². The van der Waals surface area contributed by atoms with E-state index < -0.39 is 10.0 Å². The molecule has 1 aliphatic carbocycles. The zero-order valence-corrected chi connectivity index (χ0v) is 19.7. The maximum Gasteiger partial charge on any atom is 0.262 e. The second kappa shape index (κ2) is 9.58. The zero-order valence-electron chi connectivity index (χ0n) is 18.9. The van der Waals surface area contributed by atoms with Crippen LogP contribution in [0.2, 0.25) is 0 Å². The van der Waals surface area contributed by atoms with Crippen LogP contribution in [0, 0.1) is 18.8 Å². The van der Waals surface area contributed by atoms with E-state index in [1.165, 1.54) is 36.5 Å². The van der Waals surface area contributed by atoms with E-state index in [2.05, 4.69) is 15.2 Å². The molecule has 0 radical (unpaired) electrons. The first kappa shape index (κ1) is 22.7. The maximum absolute atomic E-state index is 12.8. The van der Waals surface area contributed by atoms with Crippen molar-refractivity contribution < 1.29 is 13.2 Å². The molecular weight excluding hydrogens is 414 g/mol. The van der Waals surface area contributed by atoms with Crippen LogP contribution in [0.4, 0.5) is 0 Å². The second-order valence-electron chi connectivity index (χ2n) is 9.65. The molecule has 3 heterocycles. The number of aryl methyl sites for hydroxylation is 2. The van der Waals surface area contributed by atoms with E-state index in [1.54, 1.807) is 24.7 Å². The van der Waals surface area contributed by atoms with Crippen molar-refractivity contribution in [3.8, 4) is 0 Å². The van der Waals surface area contributed by atoms with Gasteiger partial charge in [0.2, 0.25) is 5.91 Å². The highest BCUT2D eigenvalue weighted by Gasteiger charge is 2.34. The highest BCUT2D eigenvalue weighted by molar-refractivity contribution is 7.89. The lowest BCUT2D eigenvalue weighted by molar-refractivity contribution is -0.127. The van der Waals surface area contributed by atoms with E-state index in [1.807, 2.05) is 0 Å². The van der Waals surface area contributed by atoms with Crippen LogP contribution in [0.25, 0.3) is 0 Å². The number of piperidine rings is 2. The molecule has 0 aromatic carbocycles. The molecule has 3 fully saturated rings. The Morgan fingerprint density at radius 1 is 1.06 bits per heavy atom. The summed E-state index contributed by atoms with van der Waals surface area (Å²) in [7, 11) is -1.80. The van der Waals surface area contributed by atoms with Crippen molar-refractivity contribution in [2.45, 2.75) is 69.4 Å². The highest BCUT2D eigenvalue weighted by atomic mass is 32.2. The molecule has 0 atom stereocenters. The van der Waals surface area contributed by atoms with Crippen LogP contribution >= 0.6 is 0 Å². The van der Waals surface area contributed by atoms with E-state index >= 15 is 0 Å². The van der Waals surface area contributed by atoms with Crippen LogP contribution in [0.3, 0.4) is 0 Å². The highest BCUT2D eigenvalue weighted by Crippen LogP contribution is 2.27. The van der Waals surface area contributed by atoms with Crippen LogP contribution in [-0.4, -0.2) is 71.8 Å². The van der Waals surface area contributed by atoms with E-state index in [0.29, 0.717) is 31.8 Å². The predicted molar refractivity (Wildman–Crippen MR) is 119 cm³/mol. The molecule has 1 aromatic rings. The molecular formula is C22H37N5O3S. The predicted octanol–water partition coefficient (Wildman–Crippen LogP) is 1.90. The summed E-state index contributed by atoms with van der Waals surface area (Å²) in [5.41, 5.74) is 0. The van der Waals surface area contributed by atoms with Gasteiger partial charge < -0.3 is 14.8 Å². The van der Waals surface area contributed by atoms with Gasteiger partial charge in [0.1, 0.15) is 5.82 Å². The Kier molecular flexibility index (Phi) is 7.03. The first-order valence-electron chi connectivity index (χ1n) is 11.9. The Morgan fingerprint density at radius 2 is 1.71 bits per heavy atom. The molecule has 0 spiro atoms. The molecule has 2 aliphatic heterocycles. The molecule has 174 valence electrons. The number of nitrogens with one attached hydrogen (secondary N) is 1. The minimum atomic E-state index is -3.59. The number of imidazole rings is 1. The van der Waals surface area contributed by atoms with Gasteiger partial charge in [0.25, 0.3) is 10.0 Å². The van der Waals surface area contributed by atoms with Gasteiger partial charge in [-0.2, -0.15) is 4.31 Å². The third kappa shape index (κ3) is 5.31. The summed E-state index contributed by atoms with van der Waals surface area (Å²) in [6.07, 6.45) is 10.3. The number of hydrogen-bond acceptors (Lipinski definition) is 5. The van der Waals surface area contributed by atoms with Gasteiger partial charge in [-0.3, -0.25) is 4.79 Å². The number of aromatic nitrogens is 2. The van der Waals surface area contributed by atoms with Crippen molar-refractivity contribution in [1.29, 1.82) is 0 Å². The van der Waals surface area contributed by atoms with Gasteiger partial charge in [0, 0.05) is 57.9 Å². The van der Waals surface area contributed by atoms with Gasteiger partial charge in [-0.25, -0.2) is 13.4 Å². The summed E-state index contributed by atoms with van der Waals surface area (Å²) in [6.45, 7) is 5.90. The molecule has 2 saturated heterocycles. The van der Waals surface area contributed by atoms with E-state index in [9.17, 15) is 13.2 Å². The standard InChI is InChI=1S/C22H37N5O3S/c1-17-23-21(16-25(17)2)31(29,30)27-13-7-19(8-14-27)22(28)24-20-9-11-26(12-10-20)15-18-5-3-4-6-18/h16,18-20H,3-15H2,1-2H3,(H,24,28). The average Bonchev–Trinajstić information content (AvgIpc) is 3.39. The van der Waals surface area contributed by atoms with Crippen molar-refractivity contribution in [3.05, 3.63) is 12.0 Å². The minimum Gasteiger partial charge on any atom is -0.353 e. The zero-order chi connectivity index (χ0) is 22.0. The molecule has 1 amide bonds. The number of nitrogens with zero attached hydrogens (tertiary/aromatic N) is 4. The van der Waals surface area contributed by atoms with E-state index in [0.717, 1.165) is 31.8 Å². The number of sulfonamides is 1. The van der Waals surface area contributed by atoms with Crippen molar-refractivity contribution >= 4 is 15.9 Å². The Bertz CT molecular complexity index is 842. The van der Waals surface area contributed by atoms with Crippen LogP contribution in [0.15, 0.2) is 11.2 Å². The third-order valence-corrected chi connectivity index (χ3v) is 9.21. The molecule has 1 aromatic heterocycles. The lowest BCUT2D eigenvalue weighted by atomic mass is 9.95. The number of hydrogen-bond donors (Lipinski definition) is 1. The molecule has 3 aliphatic rings. The monoisotopic (exact) mass is 451 g/mol. The van der Waals surface area contributed by atoms with Gasteiger partial charge in [-0.15, -0.1) is 0 Å². The Labute approximate surface area is 186 Å². The molecule has 31 heavy (non-hydrogen) atoms. The fourth-order valence-electron chi connectivity index (χ4n) is 5.28. The van der Waals surface area contributed by atoms with Gasteiger partial charge in [0.05, 0.1) is 0 Å². The number of carbonyl (C=O) groups excluding carboxylic acids is 1. The second-order valence-corrected chi connectivity index (χ2v) is 11.5. The topological polar surface area (TPSA) is 87.5 Å².